The van der Waals surface area contributed by atoms with Gasteiger partial charge in [0.2, 0.25) is 15.9 Å². The topological polar surface area (TPSA) is 147 Å². The summed E-state index contributed by atoms with van der Waals surface area (Å²) in [6.45, 7) is 1.41. The molecule has 0 aliphatic carbocycles. The third-order valence-electron chi connectivity index (χ3n) is 6.98. The summed E-state index contributed by atoms with van der Waals surface area (Å²) in [4.78, 5) is 8.92. The van der Waals surface area contributed by atoms with E-state index in [0.29, 0.717) is 30.2 Å². The van der Waals surface area contributed by atoms with Crippen LogP contribution in [0.2, 0.25) is 0 Å². The molecule has 0 spiro atoms. The highest BCUT2D eigenvalue weighted by Crippen LogP contribution is 2.36. The van der Waals surface area contributed by atoms with E-state index in [9.17, 15) is 13.5 Å². The van der Waals surface area contributed by atoms with Crippen molar-refractivity contribution in [3.05, 3.63) is 90.1 Å². The van der Waals surface area contributed by atoms with Gasteiger partial charge in [0, 0.05) is 62.2 Å². The van der Waals surface area contributed by atoms with Crippen molar-refractivity contribution < 1.29 is 32.2 Å². The maximum absolute atomic E-state index is 11.7. The van der Waals surface area contributed by atoms with Crippen LogP contribution in [0.25, 0.3) is 22.6 Å². The third kappa shape index (κ3) is 6.15. The van der Waals surface area contributed by atoms with Crippen molar-refractivity contribution in [2.75, 3.05) is 26.9 Å². The van der Waals surface area contributed by atoms with Gasteiger partial charge in [0.1, 0.15) is 5.69 Å². The van der Waals surface area contributed by atoms with Gasteiger partial charge >= 0.3 is 0 Å². The van der Waals surface area contributed by atoms with Gasteiger partial charge in [-0.3, -0.25) is 4.98 Å². The summed E-state index contributed by atoms with van der Waals surface area (Å²) in [5.74, 6) is 0.469. The number of hydrogen-bond donors (Lipinski definition) is 2. The van der Waals surface area contributed by atoms with Gasteiger partial charge in [-0.05, 0) is 35.9 Å². The molecule has 1 unspecified atom stereocenters. The molecule has 3 heterocycles. The van der Waals surface area contributed by atoms with Crippen LogP contribution in [0.1, 0.15) is 36.0 Å². The normalized spacial score (nSPS) is 16.1. The lowest BCUT2D eigenvalue weighted by Crippen LogP contribution is -2.35. The largest absolute Gasteiger partial charge is 0.437 e. The van der Waals surface area contributed by atoms with Crippen molar-refractivity contribution in [2.45, 2.75) is 36.0 Å². The number of pyridine rings is 1. The standard InChI is InChI=1S/C29H31N3O7S/c1-36-29(11-13-37-14-12-29)23-15-20(16-31-17-23)18-38-19-25(33)28-32-26(21-5-3-2-4-6-21)27(39-28)22-7-9-24(10-8-22)40(30,34)35/h2-10,15-17,25,33H,11-14,18-19H2,1H3,(H2,30,34,35). The summed E-state index contributed by atoms with van der Waals surface area (Å²) in [5, 5.41) is 16.1. The predicted octanol–water partition coefficient (Wildman–Crippen LogP) is 3.95. The van der Waals surface area contributed by atoms with E-state index in [0.717, 1.165) is 29.5 Å². The minimum Gasteiger partial charge on any atom is -0.437 e. The van der Waals surface area contributed by atoms with Crippen LogP contribution in [0.3, 0.4) is 0 Å². The van der Waals surface area contributed by atoms with Crippen LogP contribution in [0.4, 0.5) is 0 Å². The van der Waals surface area contributed by atoms with Gasteiger partial charge in [0.15, 0.2) is 11.9 Å². The second-order valence-corrected chi connectivity index (χ2v) is 11.2. The molecule has 11 heteroatoms. The molecular formula is C29H31N3O7S. The van der Waals surface area contributed by atoms with Crippen molar-refractivity contribution in [1.82, 2.24) is 9.97 Å². The zero-order chi connectivity index (χ0) is 28.2. The van der Waals surface area contributed by atoms with E-state index in [-0.39, 0.29) is 24.0 Å². The maximum atomic E-state index is 11.7. The van der Waals surface area contributed by atoms with Crippen molar-refractivity contribution >= 4 is 10.0 Å². The van der Waals surface area contributed by atoms with Crippen LogP contribution in [0.15, 0.2) is 82.4 Å². The van der Waals surface area contributed by atoms with E-state index >= 15 is 0 Å². The Labute approximate surface area is 232 Å². The van der Waals surface area contributed by atoms with Crippen LogP contribution < -0.4 is 5.14 Å². The van der Waals surface area contributed by atoms with Gasteiger partial charge in [0.25, 0.3) is 0 Å². The number of hydrogen-bond acceptors (Lipinski definition) is 9. The van der Waals surface area contributed by atoms with E-state index in [4.69, 9.17) is 23.8 Å². The van der Waals surface area contributed by atoms with E-state index in [1.165, 1.54) is 12.1 Å². The van der Waals surface area contributed by atoms with Crippen molar-refractivity contribution in [1.29, 1.82) is 0 Å². The first-order valence-electron chi connectivity index (χ1n) is 12.8. The highest BCUT2D eigenvalue weighted by Gasteiger charge is 2.35. The molecule has 2 aromatic heterocycles. The lowest BCUT2D eigenvalue weighted by Gasteiger charge is -2.36. The molecule has 4 aromatic rings. The van der Waals surface area contributed by atoms with Gasteiger partial charge in [-0.1, -0.05) is 30.3 Å². The molecule has 40 heavy (non-hydrogen) atoms. The monoisotopic (exact) mass is 565 g/mol. The predicted molar refractivity (Wildman–Crippen MR) is 146 cm³/mol. The molecule has 210 valence electrons. The molecule has 0 amide bonds. The number of sulfonamides is 1. The zero-order valence-corrected chi connectivity index (χ0v) is 22.8. The van der Waals surface area contributed by atoms with Gasteiger partial charge < -0.3 is 23.7 Å². The number of rotatable bonds is 10. The third-order valence-corrected chi connectivity index (χ3v) is 7.91. The highest BCUT2D eigenvalue weighted by atomic mass is 32.2. The van der Waals surface area contributed by atoms with E-state index < -0.39 is 21.7 Å². The Balaban J connectivity index is 1.32. The summed E-state index contributed by atoms with van der Waals surface area (Å²) in [5.41, 5.74) is 3.26. The molecule has 1 aliphatic rings. The molecule has 1 aliphatic heterocycles. The molecular weight excluding hydrogens is 534 g/mol. The van der Waals surface area contributed by atoms with Crippen LogP contribution >= 0.6 is 0 Å². The lowest BCUT2D eigenvalue weighted by atomic mass is 9.86. The number of ether oxygens (including phenoxy) is 3. The fourth-order valence-electron chi connectivity index (χ4n) is 4.75. The first-order valence-corrected chi connectivity index (χ1v) is 14.4. The average Bonchev–Trinajstić information content (AvgIpc) is 3.44. The van der Waals surface area contributed by atoms with Gasteiger partial charge in [-0.25, -0.2) is 18.5 Å². The van der Waals surface area contributed by atoms with Gasteiger partial charge in [0.05, 0.1) is 23.7 Å². The Bertz CT molecular complexity index is 1530. The first-order chi connectivity index (χ1) is 19.3. The lowest BCUT2D eigenvalue weighted by molar-refractivity contribution is -0.0950. The number of aliphatic hydroxyl groups excluding tert-OH is 1. The summed E-state index contributed by atoms with van der Waals surface area (Å²) in [7, 11) is -2.14. The Morgan fingerprint density at radius 2 is 1.77 bits per heavy atom. The molecule has 10 nitrogen and oxygen atoms in total. The molecule has 2 aromatic carbocycles. The number of aromatic nitrogens is 2. The summed E-state index contributed by atoms with van der Waals surface area (Å²) in [6.07, 6.45) is 3.88. The van der Waals surface area contributed by atoms with E-state index in [1.807, 2.05) is 42.6 Å². The zero-order valence-electron chi connectivity index (χ0n) is 22.0. The van der Waals surface area contributed by atoms with Crippen LogP contribution in [0.5, 0.6) is 0 Å². The number of nitrogens with two attached hydrogens (primary N) is 1. The molecule has 3 N–H and O–H groups in total. The Morgan fingerprint density at radius 3 is 2.45 bits per heavy atom. The Morgan fingerprint density at radius 1 is 1.05 bits per heavy atom. The molecule has 1 saturated heterocycles. The number of primary sulfonamides is 1. The maximum Gasteiger partial charge on any atom is 0.238 e. The van der Waals surface area contributed by atoms with Crippen molar-refractivity contribution in [3.63, 3.8) is 0 Å². The number of benzene rings is 2. The van der Waals surface area contributed by atoms with E-state index in [2.05, 4.69) is 9.97 Å². The summed E-state index contributed by atoms with van der Waals surface area (Å²) < 4.78 is 46.6. The smallest absolute Gasteiger partial charge is 0.238 e. The fourth-order valence-corrected chi connectivity index (χ4v) is 5.27. The molecule has 0 saturated carbocycles. The number of oxazole rings is 1. The molecule has 1 atom stereocenters. The van der Waals surface area contributed by atoms with Gasteiger partial charge in [-0.2, -0.15) is 0 Å². The quantitative estimate of drug-likeness (QED) is 0.292. The number of methoxy groups -OCH3 is 1. The second-order valence-electron chi connectivity index (χ2n) is 9.59. The minimum absolute atomic E-state index is 0.0162. The Hall–Kier alpha value is -3.45. The minimum atomic E-state index is -3.84. The Kier molecular flexibility index (Phi) is 8.40. The first kappa shape index (κ1) is 28.1. The fraction of sp³-hybridized carbons (Fsp3) is 0.310. The van der Waals surface area contributed by atoms with Crippen molar-refractivity contribution in [2.24, 2.45) is 5.14 Å². The second kappa shape index (κ2) is 12.0. The molecule has 1 fully saturated rings. The molecule has 0 radical (unpaired) electrons. The molecule has 0 bridgehead atoms. The average molecular weight is 566 g/mol. The number of aliphatic hydroxyl groups is 1. The van der Waals surface area contributed by atoms with Crippen molar-refractivity contribution in [3.8, 4) is 22.6 Å². The molecule has 5 rings (SSSR count). The van der Waals surface area contributed by atoms with Crippen LogP contribution in [-0.2, 0) is 36.4 Å². The SMILES string of the molecule is COC1(c2cncc(COCC(O)c3nc(-c4ccccc4)c(-c4ccc(S(N)(=O)=O)cc4)o3)c2)CCOCC1. The summed E-state index contributed by atoms with van der Waals surface area (Å²) >= 11 is 0. The van der Waals surface area contributed by atoms with Crippen LogP contribution in [-0.4, -0.2) is 50.4 Å². The number of nitrogens with zero attached hydrogens (tertiary/aromatic N) is 2. The summed E-state index contributed by atoms with van der Waals surface area (Å²) in [6, 6.07) is 17.4. The highest BCUT2D eigenvalue weighted by molar-refractivity contribution is 7.89. The van der Waals surface area contributed by atoms with Crippen LogP contribution in [0, 0.1) is 0 Å². The van der Waals surface area contributed by atoms with Gasteiger partial charge in [-0.15, -0.1) is 0 Å². The van der Waals surface area contributed by atoms with E-state index in [1.54, 1.807) is 25.4 Å².